The number of hydrogen-bond acceptors (Lipinski definition) is 3. The molecule has 0 spiro atoms. The molecule has 0 amide bonds. The third-order valence-electron chi connectivity index (χ3n) is 3.61. The van der Waals surface area contributed by atoms with Crippen LogP contribution in [0.25, 0.3) is 6.08 Å². The Bertz CT molecular complexity index is 655. The maximum Gasteiger partial charge on any atom is 0.433 e. The fraction of sp³-hybridized carbons (Fsp3) is 0.316. The summed E-state index contributed by atoms with van der Waals surface area (Å²) in [5.41, 5.74) is 0.964. The number of rotatable bonds is 8. The lowest BCUT2D eigenvalue weighted by Gasteiger charge is -2.20. The molecule has 0 radical (unpaired) electrons. The first-order valence-corrected chi connectivity index (χ1v) is 7.94. The summed E-state index contributed by atoms with van der Waals surface area (Å²) in [5.74, 6) is 0. The van der Waals surface area contributed by atoms with Crippen molar-refractivity contribution in [1.29, 1.82) is 0 Å². The Hall–Kier alpha value is -2.18. The van der Waals surface area contributed by atoms with Crippen molar-refractivity contribution in [3.8, 4) is 0 Å². The van der Waals surface area contributed by atoms with Crippen molar-refractivity contribution in [1.82, 2.24) is 9.88 Å². The summed E-state index contributed by atoms with van der Waals surface area (Å²) in [6, 6.07) is 12.4. The first-order valence-electron chi connectivity index (χ1n) is 7.94. The number of halogens is 3. The molecule has 0 unspecified atom stereocenters. The third-order valence-corrected chi connectivity index (χ3v) is 3.61. The van der Waals surface area contributed by atoms with Crippen LogP contribution in [0.15, 0.2) is 54.7 Å². The van der Waals surface area contributed by atoms with E-state index < -0.39 is 11.9 Å². The van der Waals surface area contributed by atoms with Crippen molar-refractivity contribution in [2.24, 2.45) is 0 Å². The summed E-state index contributed by atoms with van der Waals surface area (Å²) < 4.78 is 42.8. The van der Waals surface area contributed by atoms with Gasteiger partial charge in [0, 0.05) is 32.9 Å². The van der Waals surface area contributed by atoms with E-state index in [1.807, 2.05) is 42.5 Å². The van der Waals surface area contributed by atoms with Gasteiger partial charge in [0.1, 0.15) is 5.69 Å². The molecule has 1 heterocycles. The molecule has 0 aliphatic carbocycles. The SMILES string of the molecule is COCCN(CC=Cc1ccccc1)Cc1ccc(C(F)(F)F)nc1. The molecule has 0 aliphatic heterocycles. The number of methoxy groups -OCH3 is 1. The van der Waals surface area contributed by atoms with E-state index in [9.17, 15) is 13.2 Å². The predicted octanol–water partition coefficient (Wildman–Crippen LogP) is 4.26. The van der Waals surface area contributed by atoms with Crippen LogP contribution in [0.4, 0.5) is 13.2 Å². The second-order valence-electron chi connectivity index (χ2n) is 5.59. The fourth-order valence-corrected chi connectivity index (χ4v) is 2.30. The number of nitrogens with zero attached hydrogens (tertiary/aromatic N) is 2. The minimum absolute atomic E-state index is 0.508. The Morgan fingerprint density at radius 1 is 1.12 bits per heavy atom. The average Bonchev–Trinajstić information content (AvgIpc) is 2.60. The minimum atomic E-state index is -4.41. The molecule has 134 valence electrons. The van der Waals surface area contributed by atoms with E-state index in [1.54, 1.807) is 7.11 Å². The van der Waals surface area contributed by atoms with Crippen LogP contribution in [-0.2, 0) is 17.5 Å². The molecule has 2 aromatic rings. The van der Waals surface area contributed by atoms with Gasteiger partial charge in [-0.3, -0.25) is 9.88 Å². The number of pyridine rings is 1. The fourth-order valence-electron chi connectivity index (χ4n) is 2.30. The molecule has 2 rings (SSSR count). The van der Waals surface area contributed by atoms with Crippen LogP contribution in [0, 0.1) is 0 Å². The summed E-state index contributed by atoms with van der Waals surface area (Å²) in [6.07, 6.45) is 0.920. The van der Waals surface area contributed by atoms with Crippen molar-refractivity contribution in [2.75, 3.05) is 26.8 Å². The zero-order valence-corrected chi connectivity index (χ0v) is 14.0. The zero-order valence-electron chi connectivity index (χ0n) is 14.0. The molecule has 0 N–H and O–H groups in total. The molecule has 0 fully saturated rings. The third kappa shape index (κ3) is 6.68. The van der Waals surface area contributed by atoms with Crippen LogP contribution >= 0.6 is 0 Å². The highest BCUT2D eigenvalue weighted by atomic mass is 19.4. The van der Waals surface area contributed by atoms with Crippen LogP contribution < -0.4 is 0 Å². The first-order chi connectivity index (χ1) is 12.0. The van der Waals surface area contributed by atoms with Crippen LogP contribution in [0.3, 0.4) is 0 Å². The lowest BCUT2D eigenvalue weighted by Crippen LogP contribution is -2.27. The van der Waals surface area contributed by atoms with Crippen LogP contribution in [0.1, 0.15) is 16.8 Å². The van der Waals surface area contributed by atoms with E-state index in [1.165, 1.54) is 12.3 Å². The minimum Gasteiger partial charge on any atom is -0.383 e. The van der Waals surface area contributed by atoms with E-state index in [4.69, 9.17) is 4.74 Å². The maximum atomic E-state index is 12.6. The summed E-state index contributed by atoms with van der Waals surface area (Å²) >= 11 is 0. The van der Waals surface area contributed by atoms with Crippen molar-refractivity contribution < 1.29 is 17.9 Å². The molecular formula is C19H21F3N2O. The van der Waals surface area contributed by atoms with Gasteiger partial charge in [-0.05, 0) is 17.2 Å². The second-order valence-corrected chi connectivity index (χ2v) is 5.59. The van der Waals surface area contributed by atoms with Gasteiger partial charge in [0.15, 0.2) is 0 Å². The normalized spacial score (nSPS) is 12.2. The van der Waals surface area contributed by atoms with Gasteiger partial charge in [0.2, 0.25) is 0 Å². The molecule has 0 aliphatic rings. The second kappa shape index (κ2) is 9.34. The molecule has 0 saturated carbocycles. The lowest BCUT2D eigenvalue weighted by atomic mass is 10.2. The Balaban J connectivity index is 1.98. The Morgan fingerprint density at radius 3 is 2.48 bits per heavy atom. The molecule has 0 saturated heterocycles. The molecule has 0 atom stereocenters. The van der Waals surface area contributed by atoms with Gasteiger partial charge in [-0.2, -0.15) is 13.2 Å². The quantitative estimate of drug-likeness (QED) is 0.711. The van der Waals surface area contributed by atoms with Gasteiger partial charge in [0.25, 0.3) is 0 Å². The number of hydrogen-bond donors (Lipinski definition) is 0. The van der Waals surface area contributed by atoms with E-state index in [0.717, 1.165) is 17.2 Å². The maximum absolute atomic E-state index is 12.6. The van der Waals surface area contributed by atoms with Gasteiger partial charge < -0.3 is 4.74 Å². The van der Waals surface area contributed by atoms with E-state index >= 15 is 0 Å². The van der Waals surface area contributed by atoms with E-state index in [0.29, 0.717) is 26.2 Å². The van der Waals surface area contributed by atoms with E-state index in [2.05, 4.69) is 9.88 Å². The summed E-state index contributed by atoms with van der Waals surface area (Å²) in [7, 11) is 1.62. The number of alkyl halides is 3. The van der Waals surface area contributed by atoms with Crippen molar-refractivity contribution in [3.63, 3.8) is 0 Å². The molecule has 0 bridgehead atoms. The van der Waals surface area contributed by atoms with Gasteiger partial charge in [-0.15, -0.1) is 0 Å². The van der Waals surface area contributed by atoms with Gasteiger partial charge >= 0.3 is 6.18 Å². The van der Waals surface area contributed by atoms with E-state index in [-0.39, 0.29) is 0 Å². The molecule has 6 heteroatoms. The highest BCUT2D eigenvalue weighted by Gasteiger charge is 2.32. The van der Waals surface area contributed by atoms with Crippen LogP contribution in [0.5, 0.6) is 0 Å². The zero-order chi connectivity index (χ0) is 18.1. The summed E-state index contributed by atoms with van der Waals surface area (Å²) in [4.78, 5) is 5.60. The predicted molar refractivity (Wildman–Crippen MR) is 91.9 cm³/mol. The average molecular weight is 350 g/mol. The molecule has 1 aromatic heterocycles. The molecular weight excluding hydrogens is 329 g/mol. The Morgan fingerprint density at radius 2 is 1.88 bits per heavy atom. The highest BCUT2D eigenvalue weighted by molar-refractivity contribution is 5.48. The van der Waals surface area contributed by atoms with Crippen LogP contribution in [-0.4, -0.2) is 36.7 Å². The first kappa shape index (κ1) is 19.1. The Kier molecular flexibility index (Phi) is 7.16. The molecule has 3 nitrogen and oxygen atoms in total. The van der Waals surface area contributed by atoms with Gasteiger partial charge in [0.05, 0.1) is 6.61 Å². The van der Waals surface area contributed by atoms with Crippen molar-refractivity contribution in [2.45, 2.75) is 12.7 Å². The lowest BCUT2D eigenvalue weighted by molar-refractivity contribution is -0.141. The van der Waals surface area contributed by atoms with Crippen molar-refractivity contribution >= 4 is 6.08 Å². The number of benzene rings is 1. The topological polar surface area (TPSA) is 25.4 Å². The Labute approximate surface area is 145 Å². The number of ether oxygens (including phenoxy) is 1. The van der Waals surface area contributed by atoms with Gasteiger partial charge in [-0.1, -0.05) is 48.6 Å². The largest absolute Gasteiger partial charge is 0.433 e. The van der Waals surface area contributed by atoms with Gasteiger partial charge in [-0.25, -0.2) is 0 Å². The monoisotopic (exact) mass is 350 g/mol. The molecule has 1 aromatic carbocycles. The number of aromatic nitrogens is 1. The summed E-state index contributed by atoms with van der Waals surface area (Å²) in [6.45, 7) is 2.40. The highest BCUT2D eigenvalue weighted by Crippen LogP contribution is 2.27. The van der Waals surface area contributed by atoms with Crippen molar-refractivity contribution in [3.05, 3.63) is 71.6 Å². The smallest absolute Gasteiger partial charge is 0.383 e. The van der Waals surface area contributed by atoms with Crippen LogP contribution in [0.2, 0.25) is 0 Å². The molecule has 25 heavy (non-hydrogen) atoms. The summed E-state index contributed by atoms with van der Waals surface area (Å²) in [5, 5.41) is 0. The standard InChI is InChI=1S/C19H21F3N2O/c1-25-13-12-24(11-5-8-16-6-3-2-4-7-16)15-17-9-10-18(23-14-17)19(20,21)22/h2-10,14H,11-13,15H2,1H3.